The van der Waals surface area contributed by atoms with Gasteiger partial charge in [-0.3, -0.25) is 9.59 Å². The van der Waals surface area contributed by atoms with Gasteiger partial charge >= 0.3 is 0 Å². The third kappa shape index (κ3) is 7.52. The van der Waals surface area contributed by atoms with E-state index in [1.165, 1.54) is 28.6 Å². The average Bonchev–Trinajstić information content (AvgIpc) is 2.99. The van der Waals surface area contributed by atoms with E-state index >= 15 is 0 Å². The maximum atomic E-state index is 13.5. The number of fused-ring (bicyclic) bond motifs is 1. The fraction of sp³-hybridized carbons (Fsp3) is 0.156. The summed E-state index contributed by atoms with van der Waals surface area (Å²) in [6.45, 7) is 0.986. The highest BCUT2D eigenvalue weighted by atomic mass is 19.2. The van der Waals surface area contributed by atoms with Crippen LogP contribution < -0.4 is 16.2 Å². The van der Waals surface area contributed by atoms with Gasteiger partial charge in [-0.15, -0.1) is 0 Å². The number of anilines is 2. The number of nitrogens with zero attached hydrogens (tertiary/aromatic N) is 5. The van der Waals surface area contributed by atoms with Crippen molar-refractivity contribution in [3.8, 4) is 0 Å². The molecule has 0 bridgehead atoms. The largest absolute Gasteiger partial charge is 0.347 e. The van der Waals surface area contributed by atoms with Gasteiger partial charge in [-0.05, 0) is 67.2 Å². The highest BCUT2D eigenvalue weighted by Gasteiger charge is 2.14. The minimum atomic E-state index is -1.01. The Hall–Kier alpha value is -5.29. The van der Waals surface area contributed by atoms with E-state index in [4.69, 9.17) is 0 Å². The first kappa shape index (κ1) is 29.2. The molecule has 0 radical (unpaired) electrons. The van der Waals surface area contributed by atoms with Crippen molar-refractivity contribution >= 4 is 34.5 Å². The van der Waals surface area contributed by atoms with Crippen molar-refractivity contribution in [1.82, 2.24) is 29.7 Å². The van der Waals surface area contributed by atoms with Crippen LogP contribution >= 0.6 is 0 Å². The van der Waals surface area contributed by atoms with Crippen molar-refractivity contribution in [1.29, 1.82) is 0 Å². The van der Waals surface area contributed by atoms with Gasteiger partial charge in [-0.2, -0.15) is 0 Å². The average molecular weight is 582 g/mol. The molecule has 3 aromatic carbocycles. The molecule has 0 atom stereocenters. The molecule has 1 amide bonds. The molecule has 0 saturated carbocycles. The first-order chi connectivity index (χ1) is 20.7. The zero-order chi connectivity index (χ0) is 30.3. The van der Waals surface area contributed by atoms with Crippen molar-refractivity contribution in [2.75, 3.05) is 26.0 Å². The van der Waals surface area contributed by atoms with Crippen LogP contribution in [0.3, 0.4) is 0 Å². The van der Waals surface area contributed by atoms with Crippen LogP contribution in [0.5, 0.6) is 0 Å². The van der Waals surface area contributed by atoms with Crippen molar-refractivity contribution in [3.63, 3.8) is 0 Å². The van der Waals surface area contributed by atoms with Crippen LogP contribution in [0, 0.1) is 11.6 Å². The molecule has 43 heavy (non-hydrogen) atoms. The van der Waals surface area contributed by atoms with Crippen LogP contribution in [-0.4, -0.2) is 51.0 Å². The molecule has 0 spiro atoms. The van der Waals surface area contributed by atoms with Gasteiger partial charge in [0, 0.05) is 42.8 Å². The Bertz CT molecular complexity index is 1850. The Morgan fingerprint density at radius 1 is 0.977 bits per heavy atom. The van der Waals surface area contributed by atoms with Gasteiger partial charge in [-0.25, -0.2) is 23.7 Å². The standard InChI is InChI=1S/C32H29F2N7O2/c1-40(2)19-22-5-9-25(10-6-22)38-32-37-18-24-16-21(8-12-28(24)39-32)4-3-13-36-30(42)29-31(43)41(15-14-35-29)20-23-7-11-26(33)27(34)17-23/h3-12,14-18H,13,19-20H2,1-2H3,(H,36,42)(H,37,38,39)/b4-3+. The summed E-state index contributed by atoms with van der Waals surface area (Å²) < 4.78 is 28.0. The highest BCUT2D eigenvalue weighted by Crippen LogP contribution is 2.19. The number of nitrogens with one attached hydrogen (secondary N) is 2. The maximum absolute atomic E-state index is 13.5. The van der Waals surface area contributed by atoms with E-state index in [-0.39, 0.29) is 18.8 Å². The maximum Gasteiger partial charge on any atom is 0.282 e. The third-order valence-corrected chi connectivity index (χ3v) is 6.47. The molecule has 0 aliphatic carbocycles. The smallest absolute Gasteiger partial charge is 0.282 e. The first-order valence-corrected chi connectivity index (χ1v) is 13.5. The van der Waals surface area contributed by atoms with Gasteiger partial charge in [0.05, 0.1) is 12.1 Å². The normalized spacial score (nSPS) is 11.4. The zero-order valence-corrected chi connectivity index (χ0v) is 23.6. The van der Waals surface area contributed by atoms with Crippen molar-refractivity contribution < 1.29 is 13.6 Å². The van der Waals surface area contributed by atoms with Gasteiger partial charge in [-0.1, -0.05) is 36.4 Å². The van der Waals surface area contributed by atoms with Gasteiger partial charge < -0.3 is 20.1 Å². The number of carbonyl (C=O) groups is 1. The topological polar surface area (TPSA) is 105 Å². The van der Waals surface area contributed by atoms with E-state index in [9.17, 15) is 18.4 Å². The number of hydrogen-bond donors (Lipinski definition) is 2. The van der Waals surface area contributed by atoms with E-state index in [0.717, 1.165) is 40.8 Å². The van der Waals surface area contributed by atoms with Crippen molar-refractivity contribution in [3.05, 3.63) is 130 Å². The van der Waals surface area contributed by atoms with E-state index in [1.54, 1.807) is 12.3 Å². The fourth-order valence-electron chi connectivity index (χ4n) is 4.40. The molecule has 2 heterocycles. The van der Waals surface area contributed by atoms with Crippen LogP contribution in [0.15, 0.2) is 90.1 Å². The zero-order valence-electron chi connectivity index (χ0n) is 23.6. The predicted molar refractivity (Wildman–Crippen MR) is 162 cm³/mol. The number of aromatic nitrogens is 4. The lowest BCUT2D eigenvalue weighted by Gasteiger charge is -2.11. The number of carbonyl (C=O) groups excluding carboxylic acids is 1. The second kappa shape index (κ2) is 13.1. The number of benzene rings is 3. The summed E-state index contributed by atoms with van der Waals surface area (Å²) in [5.74, 6) is -2.14. The second-order valence-electron chi connectivity index (χ2n) is 10.1. The molecule has 5 rings (SSSR count). The van der Waals surface area contributed by atoms with Crippen molar-refractivity contribution in [2.24, 2.45) is 0 Å². The first-order valence-electron chi connectivity index (χ1n) is 13.5. The fourth-order valence-corrected chi connectivity index (χ4v) is 4.40. The summed E-state index contributed by atoms with van der Waals surface area (Å²) in [5.41, 5.74) is 3.22. The molecule has 2 aromatic heterocycles. The number of halogens is 2. The molecule has 0 unspecified atom stereocenters. The van der Waals surface area contributed by atoms with Gasteiger partial charge in [0.2, 0.25) is 5.95 Å². The molecular formula is C32H29F2N7O2. The Balaban J connectivity index is 1.18. The quantitative estimate of drug-likeness (QED) is 0.245. The second-order valence-corrected chi connectivity index (χ2v) is 10.1. The highest BCUT2D eigenvalue weighted by molar-refractivity contribution is 5.92. The summed E-state index contributed by atoms with van der Waals surface area (Å²) in [5, 5.41) is 6.74. The van der Waals surface area contributed by atoms with Crippen LogP contribution in [0.1, 0.15) is 27.2 Å². The summed E-state index contributed by atoms with van der Waals surface area (Å²) in [6.07, 6.45) is 8.02. The van der Waals surface area contributed by atoms with E-state index in [0.29, 0.717) is 11.5 Å². The van der Waals surface area contributed by atoms with Crippen LogP contribution in [0.25, 0.3) is 17.0 Å². The lowest BCUT2D eigenvalue weighted by molar-refractivity contribution is 0.0950. The Labute approximate surface area is 246 Å². The monoisotopic (exact) mass is 581 g/mol. The molecular weight excluding hydrogens is 552 g/mol. The number of hydrogen-bond acceptors (Lipinski definition) is 7. The summed E-state index contributed by atoms with van der Waals surface area (Å²) >= 11 is 0. The molecule has 2 N–H and O–H groups in total. The van der Waals surface area contributed by atoms with Crippen LogP contribution in [0.4, 0.5) is 20.4 Å². The molecule has 0 saturated heterocycles. The summed E-state index contributed by atoms with van der Waals surface area (Å²) in [4.78, 5) is 40.4. The lowest BCUT2D eigenvalue weighted by Crippen LogP contribution is -2.34. The molecule has 0 fully saturated rings. The minimum Gasteiger partial charge on any atom is -0.347 e. The van der Waals surface area contributed by atoms with Crippen molar-refractivity contribution in [2.45, 2.75) is 13.1 Å². The molecule has 9 nitrogen and oxygen atoms in total. The third-order valence-electron chi connectivity index (χ3n) is 6.47. The summed E-state index contributed by atoms with van der Waals surface area (Å²) in [6, 6.07) is 17.2. The van der Waals surface area contributed by atoms with Gasteiger partial charge in [0.1, 0.15) is 0 Å². The molecule has 0 aliphatic rings. The van der Waals surface area contributed by atoms with E-state index < -0.39 is 23.1 Å². The molecule has 0 aliphatic heterocycles. The Morgan fingerprint density at radius 2 is 1.77 bits per heavy atom. The van der Waals surface area contributed by atoms with Crippen LogP contribution in [-0.2, 0) is 13.1 Å². The number of rotatable bonds is 10. The Morgan fingerprint density at radius 3 is 2.53 bits per heavy atom. The molecule has 218 valence electrons. The van der Waals surface area contributed by atoms with E-state index in [2.05, 4.69) is 42.6 Å². The number of amides is 1. The lowest BCUT2D eigenvalue weighted by atomic mass is 10.1. The molecule has 5 aromatic rings. The van der Waals surface area contributed by atoms with Gasteiger partial charge in [0.15, 0.2) is 17.3 Å². The predicted octanol–water partition coefficient (Wildman–Crippen LogP) is 4.76. The minimum absolute atomic E-state index is 0.0356. The van der Waals surface area contributed by atoms with Gasteiger partial charge in [0.25, 0.3) is 11.5 Å². The summed E-state index contributed by atoms with van der Waals surface area (Å²) in [7, 11) is 4.06. The molecule has 11 heteroatoms. The van der Waals surface area contributed by atoms with E-state index in [1.807, 2.05) is 50.5 Å². The Kier molecular flexibility index (Phi) is 8.92. The SMILES string of the molecule is CN(C)Cc1ccc(Nc2ncc3cc(/C=C/CNC(=O)c4nccn(Cc5ccc(F)c(F)c5)c4=O)ccc3n2)cc1. The van der Waals surface area contributed by atoms with Crippen LogP contribution in [0.2, 0.25) is 0 Å².